The molecule has 0 aromatic rings. The summed E-state index contributed by atoms with van der Waals surface area (Å²) in [7, 11) is 0. The van der Waals surface area contributed by atoms with Crippen molar-refractivity contribution in [1.82, 2.24) is 0 Å². The van der Waals surface area contributed by atoms with E-state index in [0.717, 1.165) is 51.4 Å². The molecular weight excluding hydrogens is 460 g/mol. The van der Waals surface area contributed by atoms with E-state index in [0.29, 0.717) is 25.7 Å². The average molecular weight is 501 g/mol. The molecule has 200 valence electrons. The lowest BCUT2D eigenvalue weighted by Crippen LogP contribution is -2.63. The molecule has 35 heavy (non-hydrogen) atoms. The number of esters is 4. The van der Waals surface area contributed by atoms with Gasteiger partial charge in [-0.2, -0.15) is 0 Å². The molecule has 2 heterocycles. The van der Waals surface area contributed by atoms with Crippen LogP contribution in [0.25, 0.3) is 0 Å². The van der Waals surface area contributed by atoms with Gasteiger partial charge in [0.15, 0.2) is 0 Å². The summed E-state index contributed by atoms with van der Waals surface area (Å²) in [5, 5.41) is 21.0. The standard InChI is InChI=1S/C25H40O10/c26-19-13-18-24(32-20(27)14-9-5-1-2-6-10-15-21(28)33-24)25(31)34-22(29)16-11-7-3-4-8-12-17-23(30)35-25/h26,31H,1-19H2. The zero-order valence-corrected chi connectivity index (χ0v) is 20.6. The molecule has 2 aliphatic heterocycles. The van der Waals surface area contributed by atoms with E-state index in [4.69, 9.17) is 18.9 Å². The third kappa shape index (κ3) is 9.76. The van der Waals surface area contributed by atoms with Gasteiger partial charge in [0, 0.05) is 38.7 Å². The lowest BCUT2D eigenvalue weighted by Gasteiger charge is -2.41. The summed E-state index contributed by atoms with van der Waals surface area (Å²) in [6.07, 6.45) is 7.94. The molecule has 2 aliphatic rings. The maximum absolute atomic E-state index is 12.8. The number of cyclic esters (lactones) is 4. The van der Waals surface area contributed by atoms with E-state index in [1.807, 2.05) is 0 Å². The molecule has 10 nitrogen and oxygen atoms in total. The summed E-state index contributed by atoms with van der Waals surface area (Å²) in [5.74, 6) is -9.24. The highest BCUT2D eigenvalue weighted by molar-refractivity contribution is 5.74. The van der Waals surface area contributed by atoms with E-state index in [-0.39, 0.29) is 32.1 Å². The van der Waals surface area contributed by atoms with Crippen LogP contribution < -0.4 is 0 Å². The lowest BCUT2D eigenvalue weighted by atomic mass is 10.1. The Morgan fingerprint density at radius 1 is 0.543 bits per heavy atom. The van der Waals surface area contributed by atoms with E-state index in [2.05, 4.69) is 0 Å². The maximum Gasteiger partial charge on any atom is 0.456 e. The molecular formula is C25H40O10. The average Bonchev–Trinajstić information content (AvgIpc) is 2.82. The highest BCUT2D eigenvalue weighted by atomic mass is 16.9. The van der Waals surface area contributed by atoms with E-state index in [1.165, 1.54) is 0 Å². The van der Waals surface area contributed by atoms with Gasteiger partial charge in [0.1, 0.15) is 0 Å². The van der Waals surface area contributed by atoms with Gasteiger partial charge in [0.2, 0.25) is 0 Å². The van der Waals surface area contributed by atoms with Crippen LogP contribution in [0.15, 0.2) is 0 Å². The zero-order chi connectivity index (χ0) is 25.6. The van der Waals surface area contributed by atoms with Crippen molar-refractivity contribution in [3.05, 3.63) is 0 Å². The first-order valence-corrected chi connectivity index (χ1v) is 13.0. The summed E-state index contributed by atoms with van der Waals surface area (Å²) in [5.41, 5.74) is 0. The minimum Gasteiger partial charge on any atom is -0.412 e. The Bertz CT molecular complexity index is 656. The first-order valence-electron chi connectivity index (χ1n) is 13.0. The van der Waals surface area contributed by atoms with Crippen LogP contribution in [-0.2, 0) is 38.1 Å². The minimum absolute atomic E-state index is 0.0314. The lowest BCUT2D eigenvalue weighted by molar-refractivity contribution is -0.444. The largest absolute Gasteiger partial charge is 0.456 e. The molecule has 2 fully saturated rings. The summed E-state index contributed by atoms with van der Waals surface area (Å²) >= 11 is 0. The van der Waals surface area contributed by atoms with E-state index in [1.54, 1.807) is 0 Å². The van der Waals surface area contributed by atoms with Crippen LogP contribution in [0.1, 0.15) is 116 Å². The number of aliphatic hydroxyl groups is 2. The van der Waals surface area contributed by atoms with Crippen molar-refractivity contribution >= 4 is 23.9 Å². The Balaban J connectivity index is 2.47. The highest BCUT2D eigenvalue weighted by Gasteiger charge is 2.64. The Morgan fingerprint density at radius 2 is 0.857 bits per heavy atom. The number of hydrogen-bond acceptors (Lipinski definition) is 10. The molecule has 0 amide bonds. The molecule has 0 aromatic carbocycles. The molecule has 0 radical (unpaired) electrons. The van der Waals surface area contributed by atoms with E-state index >= 15 is 0 Å². The topological polar surface area (TPSA) is 146 Å². The molecule has 0 aliphatic carbocycles. The smallest absolute Gasteiger partial charge is 0.412 e. The number of aliphatic hydroxyl groups excluding tert-OH is 1. The van der Waals surface area contributed by atoms with Crippen LogP contribution in [0.5, 0.6) is 0 Å². The molecule has 0 atom stereocenters. The fraction of sp³-hybridized carbons (Fsp3) is 0.840. The monoisotopic (exact) mass is 500 g/mol. The summed E-state index contributed by atoms with van der Waals surface area (Å²) in [6.45, 7) is -0.408. The quantitative estimate of drug-likeness (QED) is 0.550. The zero-order valence-electron chi connectivity index (χ0n) is 20.6. The molecule has 0 unspecified atom stereocenters. The Labute approximate surface area is 206 Å². The van der Waals surface area contributed by atoms with Crippen LogP contribution in [0.2, 0.25) is 0 Å². The SMILES string of the molecule is O=C1CCCCCCCCC(=O)OC(O)(C2(CCCO)OC(=O)CCCCCCCCC(=O)O2)O1. The summed E-state index contributed by atoms with van der Waals surface area (Å²) in [4.78, 5) is 50.8. The predicted molar refractivity (Wildman–Crippen MR) is 122 cm³/mol. The van der Waals surface area contributed by atoms with Gasteiger partial charge in [-0.3, -0.25) is 19.2 Å². The first kappa shape index (κ1) is 29.0. The summed E-state index contributed by atoms with van der Waals surface area (Å²) in [6, 6.07) is 0. The van der Waals surface area contributed by atoms with Gasteiger partial charge >= 0.3 is 35.6 Å². The molecule has 0 bridgehead atoms. The molecule has 0 saturated carbocycles. The predicted octanol–water partition coefficient (Wildman–Crippen LogP) is 3.54. The number of hydrogen-bond donors (Lipinski definition) is 2. The van der Waals surface area contributed by atoms with Gasteiger partial charge in [-0.05, 0) is 32.1 Å². The van der Waals surface area contributed by atoms with Gasteiger partial charge in [0.05, 0.1) is 0 Å². The molecule has 0 aromatic heterocycles. The van der Waals surface area contributed by atoms with Crippen molar-refractivity contribution < 1.29 is 48.3 Å². The Morgan fingerprint density at radius 3 is 1.20 bits per heavy atom. The molecule has 2 saturated heterocycles. The van der Waals surface area contributed by atoms with Gasteiger partial charge in [-0.15, -0.1) is 0 Å². The number of rotatable bonds is 4. The number of carbonyl (C=O) groups is 4. The van der Waals surface area contributed by atoms with Gasteiger partial charge in [-0.1, -0.05) is 51.4 Å². The van der Waals surface area contributed by atoms with Gasteiger partial charge in [-0.25, -0.2) is 0 Å². The van der Waals surface area contributed by atoms with E-state index < -0.39 is 48.7 Å². The fourth-order valence-electron chi connectivity index (χ4n) is 4.27. The number of carbonyl (C=O) groups excluding carboxylic acids is 4. The summed E-state index contributed by atoms with van der Waals surface area (Å²) < 4.78 is 21.5. The first-order chi connectivity index (χ1) is 16.8. The minimum atomic E-state index is -3.20. The number of ether oxygens (including phenoxy) is 4. The van der Waals surface area contributed by atoms with Crippen molar-refractivity contribution in [1.29, 1.82) is 0 Å². The molecule has 2 N–H and O–H groups in total. The van der Waals surface area contributed by atoms with E-state index in [9.17, 15) is 29.4 Å². The second-order valence-corrected chi connectivity index (χ2v) is 9.30. The molecule has 10 heteroatoms. The Hall–Kier alpha value is -2.20. The fourth-order valence-corrected chi connectivity index (χ4v) is 4.27. The molecule has 2 rings (SSSR count). The van der Waals surface area contributed by atoms with Crippen molar-refractivity contribution in [3.63, 3.8) is 0 Å². The van der Waals surface area contributed by atoms with Crippen molar-refractivity contribution in [2.24, 2.45) is 0 Å². The second kappa shape index (κ2) is 15.0. The van der Waals surface area contributed by atoms with Crippen molar-refractivity contribution in [2.75, 3.05) is 6.61 Å². The second-order valence-electron chi connectivity index (χ2n) is 9.30. The molecule has 0 spiro atoms. The van der Waals surface area contributed by atoms with Crippen LogP contribution in [0.3, 0.4) is 0 Å². The van der Waals surface area contributed by atoms with Gasteiger partial charge in [0.25, 0.3) is 0 Å². The Kier molecular flexibility index (Phi) is 12.5. The highest BCUT2D eigenvalue weighted by Crippen LogP contribution is 2.38. The normalized spacial score (nSPS) is 23.8. The third-order valence-corrected chi connectivity index (χ3v) is 6.23. The van der Waals surface area contributed by atoms with Crippen molar-refractivity contribution in [2.45, 2.75) is 127 Å². The van der Waals surface area contributed by atoms with Crippen LogP contribution in [-0.4, -0.2) is 52.5 Å². The van der Waals surface area contributed by atoms with Gasteiger partial charge < -0.3 is 29.2 Å². The third-order valence-electron chi connectivity index (χ3n) is 6.23. The van der Waals surface area contributed by atoms with Crippen molar-refractivity contribution in [3.8, 4) is 0 Å². The van der Waals surface area contributed by atoms with Crippen LogP contribution >= 0.6 is 0 Å². The van der Waals surface area contributed by atoms with Crippen LogP contribution in [0, 0.1) is 0 Å². The van der Waals surface area contributed by atoms with Crippen LogP contribution in [0.4, 0.5) is 0 Å². The maximum atomic E-state index is 12.8.